The quantitative estimate of drug-likeness (QED) is 0.853. The molecule has 2 aromatic rings. The third-order valence-corrected chi connectivity index (χ3v) is 6.03. The van der Waals surface area contributed by atoms with Crippen LogP contribution in [0.5, 0.6) is 11.5 Å². The van der Waals surface area contributed by atoms with E-state index in [1.54, 1.807) is 19.2 Å². The smallest absolute Gasteiger partial charge is 0.242 e. The lowest BCUT2D eigenvalue weighted by atomic mass is 10.1. The van der Waals surface area contributed by atoms with Crippen molar-refractivity contribution in [1.29, 1.82) is 0 Å². The Morgan fingerprint density at radius 3 is 2.50 bits per heavy atom. The highest BCUT2D eigenvalue weighted by molar-refractivity contribution is 7.89. The summed E-state index contributed by atoms with van der Waals surface area (Å²) in [6.45, 7) is 4.41. The molecule has 0 unspecified atom stereocenters. The number of para-hydroxylation sites is 2. The first-order valence-electron chi connectivity index (χ1n) is 7.80. The van der Waals surface area contributed by atoms with Gasteiger partial charge in [0.2, 0.25) is 10.0 Å². The van der Waals surface area contributed by atoms with Gasteiger partial charge in [0.25, 0.3) is 0 Å². The van der Waals surface area contributed by atoms with E-state index < -0.39 is 10.0 Å². The Bertz CT molecular complexity index is 848. The number of hydrogen-bond acceptors (Lipinski definition) is 4. The number of nitrogens with zero attached hydrogens (tertiary/aromatic N) is 1. The molecule has 0 N–H and O–H groups in total. The monoisotopic (exact) mass is 347 g/mol. The molecule has 1 aliphatic rings. The minimum absolute atomic E-state index is 0.226. The number of sulfonamides is 1. The van der Waals surface area contributed by atoms with Gasteiger partial charge in [-0.15, -0.1) is 0 Å². The maximum Gasteiger partial charge on any atom is 0.242 e. The summed E-state index contributed by atoms with van der Waals surface area (Å²) in [7, 11) is -1.99. The second-order valence-electron chi connectivity index (χ2n) is 6.03. The fourth-order valence-electron chi connectivity index (χ4n) is 2.59. The number of rotatable bonds is 4. The van der Waals surface area contributed by atoms with E-state index in [4.69, 9.17) is 9.47 Å². The lowest BCUT2D eigenvalue weighted by molar-refractivity contribution is 0.0798. The normalized spacial score (nSPS) is 17.1. The molecule has 5 nitrogen and oxygen atoms in total. The lowest BCUT2D eigenvalue weighted by Crippen LogP contribution is -2.41. The van der Waals surface area contributed by atoms with E-state index in [-0.39, 0.29) is 12.6 Å². The Morgan fingerprint density at radius 2 is 1.79 bits per heavy atom. The van der Waals surface area contributed by atoms with Gasteiger partial charge in [-0.2, -0.15) is 4.31 Å². The Kier molecular flexibility index (Phi) is 4.51. The molecule has 1 aliphatic heterocycles. The van der Waals surface area contributed by atoms with Gasteiger partial charge in [0.1, 0.15) is 12.7 Å². The molecule has 128 valence electrons. The summed E-state index contributed by atoms with van der Waals surface area (Å²) in [6.07, 6.45) is -0.341. The molecular weight excluding hydrogens is 326 g/mol. The first kappa shape index (κ1) is 16.8. The zero-order valence-electron chi connectivity index (χ0n) is 14.0. The number of aryl methyl sites for hydroxylation is 2. The van der Waals surface area contributed by atoms with Crippen molar-refractivity contribution in [2.24, 2.45) is 0 Å². The SMILES string of the molecule is Cc1ccc(S(=O)(=O)N(C)C[C@H]2COc3ccccc3O2)cc1C. The molecule has 0 amide bonds. The van der Waals surface area contributed by atoms with Crippen LogP contribution in [-0.4, -0.2) is 39.0 Å². The summed E-state index contributed by atoms with van der Waals surface area (Å²) in [5.41, 5.74) is 2.02. The van der Waals surface area contributed by atoms with Gasteiger partial charge >= 0.3 is 0 Å². The molecule has 3 rings (SSSR count). The van der Waals surface area contributed by atoms with Gasteiger partial charge in [0, 0.05) is 7.05 Å². The molecule has 6 heteroatoms. The Morgan fingerprint density at radius 1 is 1.08 bits per heavy atom. The molecule has 0 aliphatic carbocycles. The highest BCUT2D eigenvalue weighted by Gasteiger charge is 2.28. The average Bonchev–Trinajstić information content (AvgIpc) is 2.57. The van der Waals surface area contributed by atoms with E-state index in [1.807, 2.05) is 44.2 Å². The molecule has 2 aromatic carbocycles. The molecule has 0 aromatic heterocycles. The predicted molar refractivity (Wildman–Crippen MR) is 92.1 cm³/mol. The molecule has 0 spiro atoms. The van der Waals surface area contributed by atoms with Crippen LogP contribution < -0.4 is 9.47 Å². The number of likely N-dealkylation sites (N-methyl/N-ethyl adjacent to an activating group) is 1. The number of benzene rings is 2. The standard InChI is InChI=1S/C18H21NO4S/c1-13-8-9-16(10-14(13)2)24(20,21)19(3)11-15-12-22-17-6-4-5-7-18(17)23-15/h4-10,15H,11-12H2,1-3H3/t15-/m0/s1. The molecule has 0 saturated heterocycles. The van der Waals surface area contributed by atoms with Crippen molar-refractivity contribution >= 4 is 10.0 Å². The molecule has 1 atom stereocenters. The van der Waals surface area contributed by atoms with Gasteiger partial charge in [0.05, 0.1) is 11.4 Å². The van der Waals surface area contributed by atoms with E-state index in [2.05, 4.69) is 0 Å². The minimum atomic E-state index is -3.56. The molecule has 1 heterocycles. The van der Waals surface area contributed by atoms with Crippen molar-refractivity contribution in [3.63, 3.8) is 0 Å². The summed E-state index contributed by atoms with van der Waals surface area (Å²) in [5.74, 6) is 1.33. The number of fused-ring (bicyclic) bond motifs is 1. The Hall–Kier alpha value is -2.05. The van der Waals surface area contributed by atoms with Gasteiger partial charge in [0.15, 0.2) is 11.5 Å². The molecule has 0 saturated carbocycles. The van der Waals surface area contributed by atoms with Crippen molar-refractivity contribution < 1.29 is 17.9 Å². The molecule has 0 radical (unpaired) electrons. The Balaban J connectivity index is 1.74. The van der Waals surface area contributed by atoms with Crippen LogP contribution in [0.4, 0.5) is 0 Å². The van der Waals surface area contributed by atoms with E-state index in [0.717, 1.165) is 11.1 Å². The van der Waals surface area contributed by atoms with Crippen molar-refractivity contribution in [1.82, 2.24) is 4.31 Å². The zero-order chi connectivity index (χ0) is 17.3. The fourth-order valence-corrected chi connectivity index (χ4v) is 3.88. The fraction of sp³-hybridized carbons (Fsp3) is 0.333. The van der Waals surface area contributed by atoms with Gasteiger partial charge in [-0.1, -0.05) is 18.2 Å². The minimum Gasteiger partial charge on any atom is -0.486 e. The summed E-state index contributed by atoms with van der Waals surface area (Å²) in [4.78, 5) is 0.297. The highest BCUT2D eigenvalue weighted by Crippen LogP contribution is 2.31. The van der Waals surface area contributed by atoms with Gasteiger partial charge in [-0.3, -0.25) is 0 Å². The summed E-state index contributed by atoms with van der Waals surface area (Å²) >= 11 is 0. The van der Waals surface area contributed by atoms with Crippen LogP contribution in [0.15, 0.2) is 47.4 Å². The molecular formula is C18H21NO4S. The first-order chi connectivity index (χ1) is 11.4. The van der Waals surface area contributed by atoms with Crippen LogP contribution in [-0.2, 0) is 10.0 Å². The number of ether oxygens (including phenoxy) is 2. The zero-order valence-corrected chi connectivity index (χ0v) is 14.8. The predicted octanol–water partition coefficient (Wildman–Crippen LogP) is 2.76. The maximum absolute atomic E-state index is 12.7. The van der Waals surface area contributed by atoms with Crippen LogP contribution in [0.25, 0.3) is 0 Å². The van der Waals surface area contributed by atoms with Crippen molar-refractivity contribution in [2.45, 2.75) is 24.8 Å². The van der Waals surface area contributed by atoms with Crippen molar-refractivity contribution in [3.05, 3.63) is 53.6 Å². The number of hydrogen-bond donors (Lipinski definition) is 0. The second kappa shape index (κ2) is 6.45. The van der Waals surface area contributed by atoms with Crippen LogP contribution in [0, 0.1) is 13.8 Å². The second-order valence-corrected chi connectivity index (χ2v) is 8.07. The third-order valence-electron chi connectivity index (χ3n) is 4.21. The largest absolute Gasteiger partial charge is 0.486 e. The van der Waals surface area contributed by atoms with E-state index in [0.29, 0.717) is 23.0 Å². The van der Waals surface area contributed by atoms with Gasteiger partial charge in [-0.25, -0.2) is 8.42 Å². The average molecular weight is 347 g/mol. The summed E-state index contributed by atoms with van der Waals surface area (Å²) in [5, 5.41) is 0. The topological polar surface area (TPSA) is 55.8 Å². The van der Waals surface area contributed by atoms with Crippen molar-refractivity contribution in [2.75, 3.05) is 20.2 Å². The van der Waals surface area contributed by atoms with Crippen LogP contribution >= 0.6 is 0 Å². The summed E-state index contributed by atoms with van der Waals surface area (Å²) in [6, 6.07) is 12.6. The molecule has 0 fully saturated rings. The highest BCUT2D eigenvalue weighted by atomic mass is 32.2. The van der Waals surface area contributed by atoms with Crippen LogP contribution in [0.1, 0.15) is 11.1 Å². The van der Waals surface area contributed by atoms with Gasteiger partial charge in [-0.05, 0) is 49.2 Å². The Labute approximate surface area is 142 Å². The van der Waals surface area contributed by atoms with E-state index in [9.17, 15) is 8.42 Å². The lowest BCUT2D eigenvalue weighted by Gasteiger charge is -2.29. The summed E-state index contributed by atoms with van der Waals surface area (Å²) < 4.78 is 38.3. The molecule has 0 bridgehead atoms. The molecule has 24 heavy (non-hydrogen) atoms. The van der Waals surface area contributed by atoms with E-state index >= 15 is 0 Å². The third kappa shape index (κ3) is 3.25. The maximum atomic E-state index is 12.7. The van der Waals surface area contributed by atoms with Gasteiger partial charge < -0.3 is 9.47 Å². The van der Waals surface area contributed by atoms with Crippen LogP contribution in [0.2, 0.25) is 0 Å². The van der Waals surface area contributed by atoms with Crippen molar-refractivity contribution in [3.8, 4) is 11.5 Å². The van der Waals surface area contributed by atoms with E-state index in [1.165, 1.54) is 4.31 Å². The first-order valence-corrected chi connectivity index (χ1v) is 9.24. The van der Waals surface area contributed by atoms with Crippen LogP contribution in [0.3, 0.4) is 0 Å².